The summed E-state index contributed by atoms with van der Waals surface area (Å²) in [6.07, 6.45) is 0.0962. The third-order valence-corrected chi connectivity index (χ3v) is 3.71. The first-order valence-electron chi connectivity index (χ1n) is 7.13. The number of ether oxygens (including phenoxy) is 3. The van der Waals surface area contributed by atoms with Crippen molar-refractivity contribution in [1.82, 2.24) is 4.90 Å². The molecule has 5 heteroatoms. The number of methoxy groups -OCH3 is 2. The van der Waals surface area contributed by atoms with E-state index in [-0.39, 0.29) is 18.1 Å². The second kappa shape index (κ2) is 6.35. The lowest BCUT2D eigenvalue weighted by Crippen LogP contribution is -2.48. The highest BCUT2D eigenvalue weighted by atomic mass is 16.5. The minimum absolute atomic E-state index is 0.0198. The molecule has 0 unspecified atom stereocenters. The molecule has 116 valence electrons. The molecule has 1 aromatic carbocycles. The summed E-state index contributed by atoms with van der Waals surface area (Å²) in [5.41, 5.74) is 1.47. The van der Waals surface area contributed by atoms with E-state index in [9.17, 15) is 4.79 Å². The molecule has 1 saturated heterocycles. The molecule has 1 amide bonds. The first-order valence-corrected chi connectivity index (χ1v) is 7.13. The van der Waals surface area contributed by atoms with E-state index < -0.39 is 0 Å². The molecule has 1 aliphatic heterocycles. The van der Waals surface area contributed by atoms with Crippen LogP contribution in [0, 0.1) is 6.92 Å². The average Bonchev–Trinajstić information content (AvgIpc) is 2.45. The van der Waals surface area contributed by atoms with Crippen LogP contribution >= 0.6 is 0 Å². The summed E-state index contributed by atoms with van der Waals surface area (Å²) in [5.74, 6) is 1.30. The number of carbonyl (C=O) groups excluding carboxylic acids is 1. The van der Waals surface area contributed by atoms with Crippen LogP contribution in [0.3, 0.4) is 0 Å². The Morgan fingerprint density at radius 3 is 2.05 bits per heavy atom. The van der Waals surface area contributed by atoms with Crippen molar-refractivity contribution in [2.24, 2.45) is 0 Å². The zero-order chi connectivity index (χ0) is 15.6. The van der Waals surface area contributed by atoms with Gasteiger partial charge in [-0.3, -0.25) is 4.79 Å². The van der Waals surface area contributed by atoms with Crippen LogP contribution in [0.1, 0.15) is 29.8 Å². The van der Waals surface area contributed by atoms with Gasteiger partial charge < -0.3 is 19.1 Å². The van der Waals surface area contributed by atoms with Crippen molar-refractivity contribution in [2.75, 3.05) is 27.3 Å². The summed E-state index contributed by atoms with van der Waals surface area (Å²) in [7, 11) is 3.18. The molecule has 1 aromatic rings. The number of amides is 1. The monoisotopic (exact) mass is 293 g/mol. The molecule has 1 heterocycles. The van der Waals surface area contributed by atoms with E-state index in [1.54, 1.807) is 26.4 Å². The van der Waals surface area contributed by atoms with Crippen LogP contribution in [0.4, 0.5) is 0 Å². The molecule has 1 fully saturated rings. The van der Waals surface area contributed by atoms with Crippen LogP contribution < -0.4 is 9.47 Å². The van der Waals surface area contributed by atoms with Crippen LogP contribution in [0.5, 0.6) is 11.5 Å². The second-order valence-corrected chi connectivity index (χ2v) is 5.47. The summed E-state index contributed by atoms with van der Waals surface area (Å²) in [4.78, 5) is 14.5. The minimum Gasteiger partial charge on any atom is -0.496 e. The van der Waals surface area contributed by atoms with Crippen molar-refractivity contribution < 1.29 is 19.0 Å². The van der Waals surface area contributed by atoms with Gasteiger partial charge >= 0.3 is 0 Å². The Kier molecular flexibility index (Phi) is 4.73. The quantitative estimate of drug-likeness (QED) is 0.857. The predicted molar refractivity (Wildman–Crippen MR) is 80.2 cm³/mol. The fourth-order valence-electron chi connectivity index (χ4n) is 2.74. The number of benzene rings is 1. The molecule has 2 atom stereocenters. The lowest BCUT2D eigenvalue weighted by molar-refractivity contribution is -0.0586. The molecule has 0 aromatic heterocycles. The van der Waals surface area contributed by atoms with E-state index in [4.69, 9.17) is 14.2 Å². The van der Waals surface area contributed by atoms with Crippen LogP contribution in [-0.2, 0) is 4.74 Å². The number of nitrogens with zero attached hydrogens (tertiary/aromatic N) is 1. The number of hydrogen-bond acceptors (Lipinski definition) is 4. The normalized spacial score (nSPS) is 22.0. The summed E-state index contributed by atoms with van der Waals surface area (Å²) in [6.45, 7) is 7.06. The van der Waals surface area contributed by atoms with Gasteiger partial charge in [0.15, 0.2) is 0 Å². The largest absolute Gasteiger partial charge is 0.496 e. The smallest absolute Gasteiger partial charge is 0.254 e. The van der Waals surface area contributed by atoms with Gasteiger partial charge in [-0.1, -0.05) is 0 Å². The molecule has 1 aliphatic rings. The number of rotatable bonds is 3. The Morgan fingerprint density at radius 1 is 1.14 bits per heavy atom. The molecule has 5 nitrogen and oxygen atoms in total. The first-order chi connectivity index (χ1) is 9.96. The molecule has 0 N–H and O–H groups in total. The predicted octanol–water partition coefficient (Wildman–Crippen LogP) is 2.26. The fraction of sp³-hybridized carbons (Fsp3) is 0.562. The highest BCUT2D eigenvalue weighted by molar-refractivity contribution is 5.95. The maximum Gasteiger partial charge on any atom is 0.254 e. The summed E-state index contributed by atoms with van der Waals surface area (Å²) in [6, 6.07) is 3.54. The Labute approximate surface area is 125 Å². The molecule has 21 heavy (non-hydrogen) atoms. The van der Waals surface area contributed by atoms with E-state index in [1.807, 2.05) is 25.7 Å². The van der Waals surface area contributed by atoms with Crippen LogP contribution in [0.25, 0.3) is 0 Å². The van der Waals surface area contributed by atoms with Gasteiger partial charge in [-0.2, -0.15) is 0 Å². The van der Waals surface area contributed by atoms with Gasteiger partial charge in [0.2, 0.25) is 0 Å². The minimum atomic E-state index is -0.0198. The zero-order valence-electron chi connectivity index (χ0n) is 13.3. The van der Waals surface area contributed by atoms with Crippen molar-refractivity contribution in [3.8, 4) is 11.5 Å². The molecule has 0 saturated carbocycles. The molecular formula is C16H23NO4. The Hall–Kier alpha value is -1.75. The third kappa shape index (κ3) is 3.29. The van der Waals surface area contributed by atoms with E-state index in [0.29, 0.717) is 30.2 Å². The SMILES string of the molecule is COc1cc(C(=O)N2C[C@H](C)O[C@@H](C)C2)cc(OC)c1C. The van der Waals surface area contributed by atoms with E-state index in [2.05, 4.69) is 0 Å². The van der Waals surface area contributed by atoms with Crippen molar-refractivity contribution >= 4 is 5.91 Å². The van der Waals surface area contributed by atoms with Gasteiger partial charge in [-0.05, 0) is 32.9 Å². The van der Waals surface area contributed by atoms with Gasteiger partial charge in [0.05, 0.1) is 26.4 Å². The Balaban J connectivity index is 2.30. The van der Waals surface area contributed by atoms with Gasteiger partial charge in [0.1, 0.15) is 11.5 Å². The van der Waals surface area contributed by atoms with E-state index in [0.717, 1.165) is 5.56 Å². The molecule has 0 spiro atoms. The van der Waals surface area contributed by atoms with Crippen molar-refractivity contribution in [2.45, 2.75) is 33.0 Å². The number of hydrogen-bond donors (Lipinski definition) is 0. The van der Waals surface area contributed by atoms with E-state index >= 15 is 0 Å². The average molecular weight is 293 g/mol. The van der Waals surface area contributed by atoms with Gasteiger partial charge in [0, 0.05) is 24.2 Å². The molecule has 0 bridgehead atoms. The lowest BCUT2D eigenvalue weighted by Gasteiger charge is -2.35. The summed E-state index contributed by atoms with van der Waals surface area (Å²) in [5, 5.41) is 0. The van der Waals surface area contributed by atoms with Gasteiger partial charge in [-0.25, -0.2) is 0 Å². The van der Waals surface area contributed by atoms with Crippen molar-refractivity contribution in [3.63, 3.8) is 0 Å². The zero-order valence-corrected chi connectivity index (χ0v) is 13.3. The van der Waals surface area contributed by atoms with Crippen molar-refractivity contribution in [1.29, 1.82) is 0 Å². The highest BCUT2D eigenvalue weighted by Gasteiger charge is 2.27. The topological polar surface area (TPSA) is 48.0 Å². The van der Waals surface area contributed by atoms with Crippen LogP contribution in [-0.4, -0.2) is 50.3 Å². The Bertz CT molecular complexity index is 494. The lowest BCUT2D eigenvalue weighted by atomic mass is 10.1. The standard InChI is InChI=1S/C16H23NO4/c1-10-8-17(9-11(2)21-10)16(18)13-6-14(19-4)12(3)15(7-13)20-5/h6-7,10-11H,8-9H2,1-5H3/t10-,11-/m0/s1. The molecule has 0 radical (unpaired) electrons. The maximum atomic E-state index is 12.7. The summed E-state index contributed by atoms with van der Waals surface area (Å²) < 4.78 is 16.3. The van der Waals surface area contributed by atoms with Gasteiger partial charge in [-0.15, -0.1) is 0 Å². The van der Waals surface area contributed by atoms with Crippen LogP contribution in [0.15, 0.2) is 12.1 Å². The number of carbonyl (C=O) groups is 1. The maximum absolute atomic E-state index is 12.7. The molecule has 0 aliphatic carbocycles. The number of morpholine rings is 1. The second-order valence-electron chi connectivity index (χ2n) is 5.47. The molecule has 2 rings (SSSR count). The summed E-state index contributed by atoms with van der Waals surface area (Å²) >= 11 is 0. The highest BCUT2D eigenvalue weighted by Crippen LogP contribution is 2.30. The third-order valence-electron chi connectivity index (χ3n) is 3.71. The Morgan fingerprint density at radius 2 is 1.62 bits per heavy atom. The molecular weight excluding hydrogens is 270 g/mol. The van der Waals surface area contributed by atoms with E-state index in [1.165, 1.54) is 0 Å². The van der Waals surface area contributed by atoms with Gasteiger partial charge in [0.25, 0.3) is 5.91 Å². The van der Waals surface area contributed by atoms with Crippen LogP contribution in [0.2, 0.25) is 0 Å². The fourth-order valence-corrected chi connectivity index (χ4v) is 2.74. The van der Waals surface area contributed by atoms with Crippen molar-refractivity contribution in [3.05, 3.63) is 23.3 Å². The first kappa shape index (κ1) is 15.6.